The van der Waals surface area contributed by atoms with Crippen LogP contribution in [0.15, 0.2) is 29.0 Å². The number of rotatable bonds is 7. The summed E-state index contributed by atoms with van der Waals surface area (Å²) in [6.07, 6.45) is 6.52. The number of nitrogens with zero attached hydrogens (tertiary/aromatic N) is 3. The predicted octanol–water partition coefficient (Wildman–Crippen LogP) is 3.57. The lowest BCUT2D eigenvalue weighted by Gasteiger charge is -2.01. The quantitative estimate of drug-likeness (QED) is 0.671. The fraction of sp³-hybridized carbons (Fsp3) is 0.368. The molecule has 0 radical (unpaired) electrons. The number of nitrogens with one attached hydrogen (secondary N) is 1. The fourth-order valence-electron chi connectivity index (χ4n) is 2.81. The summed E-state index contributed by atoms with van der Waals surface area (Å²) in [7, 11) is 0. The van der Waals surface area contributed by atoms with Gasteiger partial charge >= 0.3 is 0 Å². The van der Waals surface area contributed by atoms with Crippen molar-refractivity contribution < 1.29 is 13.7 Å². The maximum absolute atomic E-state index is 13.1. The van der Waals surface area contributed by atoms with Gasteiger partial charge in [-0.3, -0.25) is 9.78 Å². The smallest absolute Gasteiger partial charge is 0.263 e. The molecule has 0 unspecified atom stereocenters. The minimum Gasteiger partial charge on any atom is -0.361 e. The zero-order valence-electron chi connectivity index (χ0n) is 14.9. The number of hydrogen-bond acceptors (Lipinski definition) is 6. The van der Waals surface area contributed by atoms with E-state index in [1.54, 1.807) is 12.3 Å². The largest absolute Gasteiger partial charge is 0.361 e. The van der Waals surface area contributed by atoms with E-state index in [1.807, 2.05) is 6.92 Å². The second kappa shape index (κ2) is 7.56. The molecule has 0 atom stereocenters. The van der Waals surface area contributed by atoms with Gasteiger partial charge in [0.15, 0.2) is 0 Å². The average Bonchev–Trinajstić information content (AvgIpc) is 3.25. The van der Waals surface area contributed by atoms with E-state index in [0.717, 1.165) is 23.3 Å². The molecule has 8 heteroatoms. The van der Waals surface area contributed by atoms with Gasteiger partial charge < -0.3 is 9.84 Å². The molecule has 0 bridgehead atoms. The molecule has 1 fully saturated rings. The molecule has 1 amide bonds. The molecule has 140 valence electrons. The van der Waals surface area contributed by atoms with Gasteiger partial charge in [-0.25, -0.2) is 9.37 Å². The van der Waals surface area contributed by atoms with E-state index in [0.29, 0.717) is 40.8 Å². The van der Waals surface area contributed by atoms with Crippen molar-refractivity contribution in [3.05, 3.63) is 51.6 Å². The highest BCUT2D eigenvalue weighted by Gasteiger charge is 2.22. The summed E-state index contributed by atoms with van der Waals surface area (Å²) in [6.45, 7) is 2.59. The molecule has 27 heavy (non-hydrogen) atoms. The number of halogens is 1. The van der Waals surface area contributed by atoms with E-state index < -0.39 is 5.82 Å². The molecule has 3 heterocycles. The Balaban J connectivity index is 1.42. The third-order valence-corrected chi connectivity index (χ3v) is 5.63. The maximum Gasteiger partial charge on any atom is 0.263 e. The molecule has 1 saturated carbocycles. The molecular formula is C19H19FN4O2S. The second-order valence-electron chi connectivity index (χ2n) is 6.70. The van der Waals surface area contributed by atoms with E-state index in [-0.39, 0.29) is 5.91 Å². The van der Waals surface area contributed by atoms with Gasteiger partial charge in [-0.1, -0.05) is 5.16 Å². The van der Waals surface area contributed by atoms with Gasteiger partial charge in [0.1, 0.15) is 22.1 Å². The molecule has 4 rings (SSSR count). The Bertz CT molecular complexity index is 947. The van der Waals surface area contributed by atoms with Crippen LogP contribution in [-0.2, 0) is 12.8 Å². The highest BCUT2D eigenvalue weighted by atomic mass is 32.1. The third kappa shape index (κ3) is 4.21. The minimum atomic E-state index is -0.393. The summed E-state index contributed by atoms with van der Waals surface area (Å²) >= 11 is 1.41. The van der Waals surface area contributed by atoms with Crippen LogP contribution in [0.2, 0.25) is 0 Å². The Morgan fingerprint density at radius 1 is 1.30 bits per heavy atom. The normalized spacial score (nSPS) is 13.7. The molecular weight excluding hydrogens is 367 g/mol. The van der Waals surface area contributed by atoms with Crippen LogP contribution in [-0.4, -0.2) is 27.6 Å². The highest BCUT2D eigenvalue weighted by Crippen LogP contribution is 2.28. The number of aryl methyl sites for hydroxylation is 2. The van der Waals surface area contributed by atoms with Crippen LogP contribution in [0.1, 0.15) is 38.8 Å². The Hall–Kier alpha value is -2.61. The monoisotopic (exact) mass is 386 g/mol. The van der Waals surface area contributed by atoms with Crippen LogP contribution in [0.3, 0.4) is 0 Å². The molecule has 1 aliphatic carbocycles. The Morgan fingerprint density at radius 2 is 2.15 bits per heavy atom. The fourth-order valence-corrected chi connectivity index (χ4v) is 3.65. The maximum atomic E-state index is 13.1. The molecule has 6 nitrogen and oxygen atoms in total. The van der Waals surface area contributed by atoms with Crippen LogP contribution in [0.25, 0.3) is 11.4 Å². The first-order chi connectivity index (χ1) is 13.1. The lowest BCUT2D eigenvalue weighted by molar-refractivity contribution is 0.0955. The number of pyridine rings is 1. The Morgan fingerprint density at radius 3 is 2.89 bits per heavy atom. The average molecular weight is 386 g/mol. The highest BCUT2D eigenvalue weighted by molar-refractivity contribution is 7.13. The summed E-state index contributed by atoms with van der Waals surface area (Å²) in [4.78, 5) is 21.2. The van der Waals surface area contributed by atoms with Crippen LogP contribution in [0, 0.1) is 18.7 Å². The van der Waals surface area contributed by atoms with E-state index in [2.05, 4.69) is 20.4 Å². The van der Waals surface area contributed by atoms with Crippen molar-refractivity contribution in [3.63, 3.8) is 0 Å². The van der Waals surface area contributed by atoms with Crippen molar-refractivity contribution in [1.29, 1.82) is 0 Å². The first kappa shape index (κ1) is 17.8. The molecule has 1 N–H and O–H groups in total. The number of amides is 1. The predicted molar refractivity (Wildman–Crippen MR) is 99.0 cm³/mol. The molecule has 0 aromatic carbocycles. The van der Waals surface area contributed by atoms with Gasteiger partial charge in [-0.15, -0.1) is 11.3 Å². The van der Waals surface area contributed by atoms with Crippen LogP contribution >= 0.6 is 11.3 Å². The van der Waals surface area contributed by atoms with E-state index in [9.17, 15) is 9.18 Å². The lowest BCUT2D eigenvalue weighted by atomic mass is 10.1. The number of aromatic nitrogens is 3. The van der Waals surface area contributed by atoms with Crippen molar-refractivity contribution >= 4 is 17.2 Å². The van der Waals surface area contributed by atoms with Crippen molar-refractivity contribution in [2.24, 2.45) is 5.92 Å². The lowest BCUT2D eigenvalue weighted by Crippen LogP contribution is -2.24. The van der Waals surface area contributed by atoms with Gasteiger partial charge in [0.25, 0.3) is 5.91 Å². The molecule has 3 aromatic rings. The van der Waals surface area contributed by atoms with Gasteiger partial charge in [-0.05, 0) is 44.2 Å². The van der Waals surface area contributed by atoms with Gasteiger partial charge in [0, 0.05) is 18.5 Å². The molecule has 0 spiro atoms. The molecule has 0 aliphatic heterocycles. The first-order valence-corrected chi connectivity index (χ1v) is 9.72. The van der Waals surface area contributed by atoms with Crippen molar-refractivity contribution in [3.8, 4) is 11.4 Å². The standard InChI is InChI=1S/C19H19FN4O2S/c1-11-14(18(24-26-11)15-6-4-13(20)9-21-15)5-7-17-22-10-16(27-17)19(25)23-8-12-2-3-12/h4,6,9-10,12H,2-3,5,7-8H2,1H3,(H,23,25). The van der Waals surface area contributed by atoms with Gasteiger partial charge in [0.2, 0.25) is 0 Å². The van der Waals surface area contributed by atoms with E-state index in [4.69, 9.17) is 4.52 Å². The zero-order chi connectivity index (χ0) is 18.8. The van der Waals surface area contributed by atoms with Crippen LogP contribution in [0.5, 0.6) is 0 Å². The molecule has 0 saturated heterocycles. The van der Waals surface area contributed by atoms with Crippen LogP contribution in [0.4, 0.5) is 4.39 Å². The number of hydrogen-bond donors (Lipinski definition) is 1. The Kier molecular flexibility index (Phi) is 4.98. The van der Waals surface area contributed by atoms with Crippen molar-refractivity contribution in [2.45, 2.75) is 32.6 Å². The third-order valence-electron chi connectivity index (χ3n) is 4.57. The van der Waals surface area contributed by atoms with E-state index in [1.165, 1.54) is 30.2 Å². The molecule has 3 aromatic heterocycles. The summed E-state index contributed by atoms with van der Waals surface area (Å²) in [6, 6.07) is 2.94. The first-order valence-electron chi connectivity index (χ1n) is 8.90. The van der Waals surface area contributed by atoms with Crippen molar-refractivity contribution in [1.82, 2.24) is 20.4 Å². The minimum absolute atomic E-state index is 0.0528. The summed E-state index contributed by atoms with van der Waals surface area (Å²) < 4.78 is 18.4. The van der Waals surface area contributed by atoms with E-state index >= 15 is 0 Å². The summed E-state index contributed by atoms with van der Waals surface area (Å²) in [5, 5.41) is 7.90. The molecule has 1 aliphatic rings. The second-order valence-corrected chi connectivity index (χ2v) is 7.81. The van der Waals surface area contributed by atoms with Gasteiger partial charge in [0.05, 0.1) is 23.1 Å². The van der Waals surface area contributed by atoms with Gasteiger partial charge in [-0.2, -0.15) is 0 Å². The van der Waals surface area contributed by atoms with Crippen LogP contribution < -0.4 is 5.32 Å². The number of carbonyl (C=O) groups excluding carboxylic acids is 1. The summed E-state index contributed by atoms with van der Waals surface area (Å²) in [5.41, 5.74) is 2.11. The number of carbonyl (C=O) groups is 1. The SMILES string of the molecule is Cc1onc(-c2ccc(F)cn2)c1CCc1ncc(C(=O)NCC2CC2)s1. The topological polar surface area (TPSA) is 80.9 Å². The Labute approximate surface area is 159 Å². The zero-order valence-corrected chi connectivity index (χ0v) is 15.7. The number of thiazole rings is 1. The van der Waals surface area contributed by atoms with Crippen molar-refractivity contribution in [2.75, 3.05) is 6.54 Å². The summed E-state index contributed by atoms with van der Waals surface area (Å²) in [5.74, 6) is 0.908.